The van der Waals surface area contributed by atoms with Crippen LogP contribution in [-0.4, -0.2) is 5.91 Å². The number of amides is 1. The van der Waals surface area contributed by atoms with Crippen molar-refractivity contribution in [3.8, 4) is 0 Å². The molecule has 1 aromatic carbocycles. The summed E-state index contributed by atoms with van der Waals surface area (Å²) in [5, 5.41) is 2.93. The van der Waals surface area contributed by atoms with Crippen LogP contribution in [0, 0.1) is 5.92 Å². The van der Waals surface area contributed by atoms with E-state index in [4.69, 9.17) is 0 Å². The Kier molecular flexibility index (Phi) is 3.28. The van der Waals surface area contributed by atoms with E-state index in [9.17, 15) is 4.79 Å². The van der Waals surface area contributed by atoms with E-state index in [1.165, 1.54) is 30.4 Å². The van der Waals surface area contributed by atoms with Crippen molar-refractivity contribution in [3.05, 3.63) is 29.3 Å². The van der Waals surface area contributed by atoms with Gasteiger partial charge in [-0.3, -0.25) is 4.79 Å². The predicted octanol–water partition coefficient (Wildman–Crippen LogP) is 3.16. The number of hydrogen-bond acceptors (Lipinski definition) is 1. The molecule has 0 fully saturated rings. The number of rotatable bonds is 3. The summed E-state index contributed by atoms with van der Waals surface area (Å²) in [6.45, 7) is 3.80. The van der Waals surface area contributed by atoms with Crippen LogP contribution in [-0.2, 0) is 17.6 Å². The second-order valence-electron chi connectivity index (χ2n) is 4.69. The zero-order chi connectivity index (χ0) is 11.5. The lowest BCUT2D eigenvalue weighted by atomic mass is 10.0. The van der Waals surface area contributed by atoms with Crippen LogP contribution in [0.15, 0.2) is 18.2 Å². The highest BCUT2D eigenvalue weighted by Crippen LogP contribution is 2.34. The Labute approximate surface area is 97.1 Å². The molecular formula is C14H19NO. The molecule has 86 valence electrons. The Morgan fingerprint density at radius 2 is 2.25 bits per heavy atom. The zero-order valence-corrected chi connectivity index (χ0v) is 10.0. The highest BCUT2D eigenvalue weighted by atomic mass is 16.1. The van der Waals surface area contributed by atoms with Crippen molar-refractivity contribution in [1.29, 1.82) is 0 Å². The first-order valence-corrected chi connectivity index (χ1v) is 6.09. The highest BCUT2D eigenvalue weighted by Gasteiger charge is 2.23. The van der Waals surface area contributed by atoms with Gasteiger partial charge in [0.2, 0.25) is 5.91 Å². The Morgan fingerprint density at radius 1 is 1.44 bits per heavy atom. The minimum atomic E-state index is 0.0207. The van der Waals surface area contributed by atoms with Gasteiger partial charge in [-0.1, -0.05) is 31.9 Å². The van der Waals surface area contributed by atoms with Crippen molar-refractivity contribution in [2.45, 2.75) is 39.5 Å². The largest absolute Gasteiger partial charge is 0.326 e. The van der Waals surface area contributed by atoms with Gasteiger partial charge in [-0.25, -0.2) is 0 Å². The van der Waals surface area contributed by atoms with Gasteiger partial charge in [-0.05, 0) is 36.0 Å². The maximum absolute atomic E-state index is 11.1. The molecule has 1 atom stereocenters. The topological polar surface area (TPSA) is 29.1 Å². The van der Waals surface area contributed by atoms with E-state index in [1.807, 2.05) is 12.1 Å². The first-order chi connectivity index (χ1) is 7.70. The van der Waals surface area contributed by atoms with Gasteiger partial charge < -0.3 is 5.32 Å². The quantitative estimate of drug-likeness (QED) is 0.828. The van der Waals surface area contributed by atoms with Gasteiger partial charge in [0.1, 0.15) is 0 Å². The summed E-state index contributed by atoms with van der Waals surface area (Å²) in [5.74, 6) is 0.794. The summed E-state index contributed by atoms with van der Waals surface area (Å²) in [6, 6.07) is 6.24. The number of anilines is 1. The molecule has 0 radical (unpaired) electrons. The summed E-state index contributed by atoms with van der Waals surface area (Å²) in [5.41, 5.74) is 3.80. The van der Waals surface area contributed by atoms with Gasteiger partial charge in [0, 0.05) is 12.6 Å². The van der Waals surface area contributed by atoms with E-state index in [0.29, 0.717) is 0 Å². The molecule has 0 aromatic heterocycles. The van der Waals surface area contributed by atoms with E-state index >= 15 is 0 Å². The molecule has 0 saturated carbocycles. The first kappa shape index (κ1) is 11.2. The van der Waals surface area contributed by atoms with Gasteiger partial charge in [0.25, 0.3) is 0 Å². The average molecular weight is 217 g/mol. The molecule has 2 rings (SSSR count). The zero-order valence-electron chi connectivity index (χ0n) is 10.0. The van der Waals surface area contributed by atoms with E-state index in [1.54, 1.807) is 6.92 Å². The maximum atomic E-state index is 11.1. The Hall–Kier alpha value is -1.31. The molecule has 0 aliphatic heterocycles. The standard InChI is InChI=1S/C14H19NO/c1-3-5-11-8-12-6-4-7-14(13(12)9-11)15-10(2)16/h4,6-7,11H,3,5,8-9H2,1-2H3,(H,15,16). The second-order valence-corrected chi connectivity index (χ2v) is 4.69. The predicted molar refractivity (Wildman–Crippen MR) is 66.6 cm³/mol. The van der Waals surface area contributed by atoms with Gasteiger partial charge in [0.15, 0.2) is 0 Å². The van der Waals surface area contributed by atoms with Crippen LogP contribution < -0.4 is 5.32 Å². The molecule has 1 amide bonds. The van der Waals surface area contributed by atoms with Crippen molar-refractivity contribution in [1.82, 2.24) is 0 Å². The van der Waals surface area contributed by atoms with Crippen molar-refractivity contribution in [2.75, 3.05) is 5.32 Å². The van der Waals surface area contributed by atoms with Crippen LogP contribution in [0.4, 0.5) is 5.69 Å². The summed E-state index contributed by atoms with van der Waals surface area (Å²) in [4.78, 5) is 11.1. The third-order valence-corrected chi connectivity index (χ3v) is 3.28. The minimum Gasteiger partial charge on any atom is -0.326 e. The van der Waals surface area contributed by atoms with Crippen molar-refractivity contribution >= 4 is 11.6 Å². The lowest BCUT2D eigenvalue weighted by molar-refractivity contribution is -0.114. The molecule has 2 heteroatoms. The summed E-state index contributed by atoms with van der Waals surface area (Å²) < 4.78 is 0. The number of carbonyl (C=O) groups is 1. The molecule has 0 spiro atoms. The number of fused-ring (bicyclic) bond motifs is 1. The van der Waals surface area contributed by atoms with Crippen LogP contribution in [0.25, 0.3) is 0 Å². The molecule has 0 heterocycles. The van der Waals surface area contributed by atoms with Crippen molar-refractivity contribution in [3.63, 3.8) is 0 Å². The number of benzene rings is 1. The fraction of sp³-hybridized carbons (Fsp3) is 0.500. The van der Waals surface area contributed by atoms with Crippen LogP contribution in [0.2, 0.25) is 0 Å². The monoisotopic (exact) mass is 217 g/mol. The smallest absolute Gasteiger partial charge is 0.221 e. The van der Waals surface area contributed by atoms with Crippen LogP contribution >= 0.6 is 0 Å². The fourth-order valence-electron chi connectivity index (χ4n) is 2.66. The van der Waals surface area contributed by atoms with Crippen molar-refractivity contribution in [2.24, 2.45) is 5.92 Å². The molecular weight excluding hydrogens is 198 g/mol. The number of nitrogens with one attached hydrogen (secondary N) is 1. The van der Waals surface area contributed by atoms with Crippen LogP contribution in [0.1, 0.15) is 37.8 Å². The van der Waals surface area contributed by atoms with Gasteiger partial charge in [0.05, 0.1) is 0 Å². The maximum Gasteiger partial charge on any atom is 0.221 e. The van der Waals surface area contributed by atoms with E-state index < -0.39 is 0 Å². The second kappa shape index (κ2) is 4.69. The van der Waals surface area contributed by atoms with E-state index in [0.717, 1.165) is 18.0 Å². The normalized spacial score (nSPS) is 18.2. The molecule has 1 aliphatic rings. The molecule has 16 heavy (non-hydrogen) atoms. The Balaban J connectivity index is 2.20. The minimum absolute atomic E-state index is 0.0207. The summed E-state index contributed by atoms with van der Waals surface area (Å²) >= 11 is 0. The molecule has 1 aliphatic carbocycles. The SMILES string of the molecule is CCCC1Cc2cccc(NC(C)=O)c2C1. The van der Waals surface area contributed by atoms with Crippen LogP contribution in [0.3, 0.4) is 0 Å². The van der Waals surface area contributed by atoms with E-state index in [-0.39, 0.29) is 5.91 Å². The highest BCUT2D eigenvalue weighted by molar-refractivity contribution is 5.89. The summed E-state index contributed by atoms with van der Waals surface area (Å²) in [7, 11) is 0. The van der Waals surface area contributed by atoms with E-state index in [2.05, 4.69) is 18.3 Å². The lowest BCUT2D eigenvalue weighted by Crippen LogP contribution is -2.08. The summed E-state index contributed by atoms with van der Waals surface area (Å²) in [6.07, 6.45) is 4.83. The number of carbonyl (C=O) groups excluding carboxylic acids is 1. The Bertz CT molecular complexity index is 398. The molecule has 1 aromatic rings. The first-order valence-electron chi connectivity index (χ1n) is 6.09. The molecule has 1 N–H and O–H groups in total. The fourth-order valence-corrected chi connectivity index (χ4v) is 2.66. The number of hydrogen-bond donors (Lipinski definition) is 1. The van der Waals surface area contributed by atoms with Crippen LogP contribution in [0.5, 0.6) is 0 Å². The molecule has 2 nitrogen and oxygen atoms in total. The van der Waals surface area contributed by atoms with Gasteiger partial charge in [-0.15, -0.1) is 0 Å². The molecule has 1 unspecified atom stereocenters. The third kappa shape index (κ3) is 2.26. The lowest BCUT2D eigenvalue weighted by Gasteiger charge is -2.08. The van der Waals surface area contributed by atoms with Gasteiger partial charge in [-0.2, -0.15) is 0 Å². The Morgan fingerprint density at radius 3 is 2.94 bits per heavy atom. The molecule has 0 saturated heterocycles. The average Bonchev–Trinajstić information content (AvgIpc) is 2.61. The van der Waals surface area contributed by atoms with Crippen molar-refractivity contribution < 1.29 is 4.79 Å². The molecule has 0 bridgehead atoms. The van der Waals surface area contributed by atoms with Gasteiger partial charge >= 0.3 is 0 Å². The third-order valence-electron chi connectivity index (χ3n) is 3.28.